The number of nitrogens with one attached hydrogen (secondary N) is 1. The van der Waals surface area contributed by atoms with Crippen molar-refractivity contribution >= 4 is 11.7 Å². The molecule has 0 aliphatic heterocycles. The number of esters is 1. The Morgan fingerprint density at radius 3 is 2.52 bits per heavy atom. The maximum atomic E-state index is 12.1. The molecule has 0 saturated carbocycles. The van der Waals surface area contributed by atoms with E-state index in [0.717, 1.165) is 11.1 Å². The predicted octanol–water partition coefficient (Wildman–Crippen LogP) is 3.19. The smallest absolute Gasteiger partial charge is 0.332 e. The second-order valence-electron chi connectivity index (χ2n) is 4.62. The highest BCUT2D eigenvalue weighted by Crippen LogP contribution is 2.26. The molecule has 4 heteroatoms. The lowest BCUT2D eigenvalue weighted by Crippen LogP contribution is -2.23. The summed E-state index contributed by atoms with van der Waals surface area (Å²) in [6, 6.07) is 16.2. The van der Waals surface area contributed by atoms with Gasteiger partial charge in [-0.15, -0.1) is 0 Å². The molecule has 1 atom stereocenters. The zero-order valence-corrected chi connectivity index (χ0v) is 12.0. The van der Waals surface area contributed by atoms with Crippen LogP contribution in [0.1, 0.15) is 22.7 Å². The van der Waals surface area contributed by atoms with Gasteiger partial charge in [0.05, 0.1) is 18.4 Å². The van der Waals surface area contributed by atoms with E-state index in [1.807, 2.05) is 49.4 Å². The summed E-state index contributed by atoms with van der Waals surface area (Å²) in [5.74, 6) is -0.395. The molecule has 1 unspecified atom stereocenters. The largest absolute Gasteiger partial charge is 0.467 e. The number of methoxy groups -OCH3 is 1. The number of rotatable bonds is 4. The van der Waals surface area contributed by atoms with Crippen LogP contribution in [0, 0.1) is 18.3 Å². The van der Waals surface area contributed by atoms with Gasteiger partial charge in [0.15, 0.2) is 6.04 Å². The van der Waals surface area contributed by atoms with Gasteiger partial charge in [0.25, 0.3) is 0 Å². The number of hydrogen-bond acceptors (Lipinski definition) is 4. The third kappa shape index (κ3) is 3.21. The van der Waals surface area contributed by atoms with E-state index >= 15 is 0 Å². The fraction of sp³-hybridized carbons (Fsp3) is 0.176. The zero-order chi connectivity index (χ0) is 15.2. The van der Waals surface area contributed by atoms with E-state index in [9.17, 15) is 10.1 Å². The summed E-state index contributed by atoms with van der Waals surface area (Å²) < 4.78 is 4.87. The van der Waals surface area contributed by atoms with Crippen LogP contribution in [0.5, 0.6) is 0 Å². The third-order valence-corrected chi connectivity index (χ3v) is 3.25. The molecule has 0 aromatic heterocycles. The zero-order valence-electron chi connectivity index (χ0n) is 12.0. The number of ether oxygens (including phenoxy) is 1. The van der Waals surface area contributed by atoms with E-state index in [1.54, 1.807) is 6.07 Å². The van der Waals surface area contributed by atoms with E-state index in [0.29, 0.717) is 11.3 Å². The molecule has 2 aromatic carbocycles. The number of nitriles is 1. The fourth-order valence-electron chi connectivity index (χ4n) is 2.14. The molecule has 4 nitrogen and oxygen atoms in total. The Morgan fingerprint density at radius 2 is 1.90 bits per heavy atom. The van der Waals surface area contributed by atoms with Crippen molar-refractivity contribution in [3.63, 3.8) is 0 Å². The summed E-state index contributed by atoms with van der Waals surface area (Å²) >= 11 is 0. The first-order valence-corrected chi connectivity index (χ1v) is 6.56. The molecule has 1 N–H and O–H groups in total. The Kier molecular flexibility index (Phi) is 4.57. The van der Waals surface area contributed by atoms with E-state index in [1.165, 1.54) is 7.11 Å². The Labute approximate surface area is 124 Å². The van der Waals surface area contributed by atoms with E-state index in [4.69, 9.17) is 4.74 Å². The van der Waals surface area contributed by atoms with Gasteiger partial charge in [-0.3, -0.25) is 0 Å². The van der Waals surface area contributed by atoms with Gasteiger partial charge in [0.1, 0.15) is 6.07 Å². The van der Waals surface area contributed by atoms with Crippen molar-refractivity contribution in [1.82, 2.24) is 0 Å². The minimum Gasteiger partial charge on any atom is -0.467 e. The van der Waals surface area contributed by atoms with Crippen LogP contribution in [0.15, 0.2) is 48.5 Å². The normalized spacial score (nSPS) is 11.3. The number of carbonyl (C=O) groups excluding carboxylic acids is 1. The van der Waals surface area contributed by atoms with Crippen LogP contribution in [-0.2, 0) is 9.53 Å². The van der Waals surface area contributed by atoms with Gasteiger partial charge in [0.2, 0.25) is 0 Å². The van der Waals surface area contributed by atoms with Crippen molar-refractivity contribution in [2.75, 3.05) is 12.4 Å². The summed E-state index contributed by atoms with van der Waals surface area (Å²) in [7, 11) is 1.35. The van der Waals surface area contributed by atoms with Crippen LogP contribution < -0.4 is 5.32 Å². The van der Waals surface area contributed by atoms with Gasteiger partial charge in [-0.25, -0.2) is 4.79 Å². The molecule has 21 heavy (non-hydrogen) atoms. The molecule has 0 bridgehead atoms. The first-order valence-electron chi connectivity index (χ1n) is 6.56. The average Bonchev–Trinajstić information content (AvgIpc) is 2.53. The first-order chi connectivity index (χ1) is 10.2. The molecule has 0 radical (unpaired) electrons. The van der Waals surface area contributed by atoms with Crippen molar-refractivity contribution in [1.29, 1.82) is 5.26 Å². The number of benzene rings is 2. The lowest BCUT2D eigenvalue weighted by Gasteiger charge is -2.20. The molecule has 0 saturated heterocycles. The number of anilines is 1. The van der Waals surface area contributed by atoms with Crippen molar-refractivity contribution in [3.8, 4) is 6.07 Å². The van der Waals surface area contributed by atoms with Crippen LogP contribution in [0.4, 0.5) is 5.69 Å². The second-order valence-corrected chi connectivity index (χ2v) is 4.62. The predicted molar refractivity (Wildman–Crippen MR) is 80.7 cm³/mol. The molecular formula is C17H16N2O2. The number of carbonyl (C=O) groups is 1. The van der Waals surface area contributed by atoms with E-state index in [2.05, 4.69) is 11.4 Å². The van der Waals surface area contributed by atoms with Gasteiger partial charge in [-0.05, 0) is 24.1 Å². The molecule has 2 aromatic rings. The van der Waals surface area contributed by atoms with Crippen molar-refractivity contribution in [2.24, 2.45) is 0 Å². The standard InChI is InChI=1S/C17H16N2O2/c1-12-7-6-10-14(11-18)15(12)19-16(17(20)21-2)13-8-4-3-5-9-13/h3-10,16,19H,1-2H3. The summed E-state index contributed by atoms with van der Waals surface area (Å²) in [5.41, 5.74) is 2.84. The molecule has 0 fully saturated rings. The first kappa shape index (κ1) is 14.6. The average molecular weight is 280 g/mol. The highest BCUT2D eigenvalue weighted by Gasteiger charge is 2.22. The molecular weight excluding hydrogens is 264 g/mol. The van der Waals surface area contributed by atoms with Crippen LogP contribution >= 0.6 is 0 Å². The number of nitrogens with zero attached hydrogens (tertiary/aromatic N) is 1. The van der Waals surface area contributed by atoms with Crippen LogP contribution in [0.3, 0.4) is 0 Å². The maximum Gasteiger partial charge on any atom is 0.332 e. The minimum atomic E-state index is -0.649. The molecule has 0 spiro atoms. The van der Waals surface area contributed by atoms with Gasteiger partial charge >= 0.3 is 5.97 Å². The minimum absolute atomic E-state index is 0.395. The van der Waals surface area contributed by atoms with Crippen LogP contribution in [-0.4, -0.2) is 13.1 Å². The molecule has 106 valence electrons. The number of hydrogen-bond donors (Lipinski definition) is 1. The highest BCUT2D eigenvalue weighted by atomic mass is 16.5. The van der Waals surface area contributed by atoms with Gasteiger partial charge in [-0.1, -0.05) is 42.5 Å². The Morgan fingerprint density at radius 1 is 1.19 bits per heavy atom. The quantitative estimate of drug-likeness (QED) is 0.874. The van der Waals surface area contributed by atoms with Gasteiger partial charge in [0, 0.05) is 0 Å². The van der Waals surface area contributed by atoms with Crippen molar-refractivity contribution in [3.05, 3.63) is 65.2 Å². The van der Waals surface area contributed by atoms with E-state index < -0.39 is 12.0 Å². The highest BCUT2D eigenvalue weighted by molar-refractivity contribution is 5.82. The SMILES string of the molecule is COC(=O)C(Nc1c(C)cccc1C#N)c1ccccc1. The van der Waals surface area contributed by atoms with Crippen LogP contribution in [0.25, 0.3) is 0 Å². The molecule has 2 rings (SSSR count). The topological polar surface area (TPSA) is 62.1 Å². The molecule has 0 amide bonds. The summed E-state index contributed by atoms with van der Waals surface area (Å²) in [4.78, 5) is 12.1. The van der Waals surface area contributed by atoms with Crippen molar-refractivity contribution < 1.29 is 9.53 Å². The Bertz CT molecular complexity index is 675. The van der Waals surface area contributed by atoms with Gasteiger partial charge < -0.3 is 10.1 Å². The van der Waals surface area contributed by atoms with Gasteiger partial charge in [-0.2, -0.15) is 5.26 Å². The summed E-state index contributed by atoms with van der Waals surface area (Å²) in [6.45, 7) is 1.89. The summed E-state index contributed by atoms with van der Waals surface area (Å²) in [5, 5.41) is 12.4. The lowest BCUT2D eigenvalue weighted by atomic mass is 10.0. The Hall–Kier alpha value is -2.80. The lowest BCUT2D eigenvalue weighted by molar-refractivity contribution is -0.141. The molecule has 0 heterocycles. The number of aryl methyl sites for hydroxylation is 1. The monoisotopic (exact) mass is 280 g/mol. The second kappa shape index (κ2) is 6.58. The third-order valence-electron chi connectivity index (χ3n) is 3.25. The van der Waals surface area contributed by atoms with Crippen molar-refractivity contribution in [2.45, 2.75) is 13.0 Å². The fourth-order valence-corrected chi connectivity index (χ4v) is 2.14. The van der Waals surface area contributed by atoms with E-state index in [-0.39, 0.29) is 0 Å². The van der Waals surface area contributed by atoms with Crippen LogP contribution in [0.2, 0.25) is 0 Å². The molecule has 0 aliphatic carbocycles. The number of para-hydroxylation sites is 1. The maximum absolute atomic E-state index is 12.1. The Balaban J connectivity index is 2.42. The molecule has 0 aliphatic rings. The summed E-state index contributed by atoms with van der Waals surface area (Å²) in [6.07, 6.45) is 0.